The lowest BCUT2D eigenvalue weighted by molar-refractivity contribution is -0.217. The molecular weight excluding hydrogens is 232 g/mol. The number of hydrogen-bond donors (Lipinski definition) is 1. The van der Waals surface area contributed by atoms with Crippen molar-refractivity contribution < 1.29 is 24.1 Å². The molecule has 2 fully saturated rings. The van der Waals surface area contributed by atoms with E-state index in [0.29, 0.717) is 5.75 Å². The van der Waals surface area contributed by atoms with Gasteiger partial charge in [-0.15, -0.1) is 0 Å². The Morgan fingerprint density at radius 3 is 2.62 bits per heavy atom. The van der Waals surface area contributed by atoms with Gasteiger partial charge < -0.3 is 19.3 Å². The van der Waals surface area contributed by atoms with Gasteiger partial charge in [0, 0.05) is 12.7 Å². The number of rotatable bonds is 2. The van der Waals surface area contributed by atoms with E-state index in [1.807, 2.05) is 0 Å². The predicted octanol–water partition coefficient (Wildman–Crippen LogP) is 0.503. The molecule has 2 aliphatic heterocycles. The van der Waals surface area contributed by atoms with Crippen LogP contribution in [0.2, 0.25) is 0 Å². The van der Waals surface area contributed by atoms with E-state index < -0.39 is 18.2 Å². The molecule has 0 aromatic rings. The first kappa shape index (κ1) is 12.3. The first-order valence-corrected chi connectivity index (χ1v) is 6.20. The highest BCUT2D eigenvalue weighted by atomic mass is 32.2. The third-order valence-electron chi connectivity index (χ3n) is 2.58. The highest BCUT2D eigenvalue weighted by Crippen LogP contribution is 2.38. The molecule has 92 valence electrons. The fourth-order valence-corrected chi connectivity index (χ4v) is 2.66. The molecule has 0 unspecified atom stereocenters. The van der Waals surface area contributed by atoms with Gasteiger partial charge in [0.1, 0.15) is 12.2 Å². The summed E-state index contributed by atoms with van der Waals surface area (Å²) in [6, 6.07) is 0. The zero-order chi connectivity index (χ0) is 11.9. The number of hydrogen-bond acceptors (Lipinski definition) is 6. The summed E-state index contributed by atoms with van der Waals surface area (Å²) in [4.78, 5) is 10.9. The van der Waals surface area contributed by atoms with E-state index in [4.69, 9.17) is 14.2 Å². The van der Waals surface area contributed by atoms with Crippen molar-refractivity contribution in [2.45, 2.75) is 51.2 Å². The van der Waals surface area contributed by atoms with Gasteiger partial charge >= 0.3 is 0 Å². The molecule has 4 atom stereocenters. The first-order chi connectivity index (χ1) is 7.39. The number of carbonyl (C=O) groups is 1. The Morgan fingerprint density at radius 1 is 1.38 bits per heavy atom. The molecule has 0 aromatic heterocycles. The van der Waals surface area contributed by atoms with Crippen molar-refractivity contribution in [3.8, 4) is 0 Å². The van der Waals surface area contributed by atoms with Crippen LogP contribution in [0.15, 0.2) is 0 Å². The molecule has 0 radical (unpaired) electrons. The molecule has 0 amide bonds. The average Bonchev–Trinajstić information content (AvgIpc) is 2.59. The van der Waals surface area contributed by atoms with Gasteiger partial charge in [-0.2, -0.15) is 0 Å². The average molecular weight is 248 g/mol. The Balaban J connectivity index is 1.99. The lowest BCUT2D eigenvalue weighted by Gasteiger charge is -2.22. The summed E-state index contributed by atoms with van der Waals surface area (Å²) >= 11 is 1.17. The Morgan fingerprint density at radius 2 is 2.00 bits per heavy atom. The number of ether oxygens (including phenoxy) is 3. The van der Waals surface area contributed by atoms with E-state index in [1.54, 1.807) is 13.8 Å². The quantitative estimate of drug-likeness (QED) is 0.768. The molecule has 1 N–H and O–H groups in total. The molecule has 2 rings (SSSR count). The zero-order valence-electron chi connectivity index (χ0n) is 9.50. The van der Waals surface area contributed by atoms with Crippen molar-refractivity contribution in [3.63, 3.8) is 0 Å². The summed E-state index contributed by atoms with van der Waals surface area (Å²) in [6.07, 6.45) is -2.01. The Labute approximate surface area is 98.4 Å². The topological polar surface area (TPSA) is 65.0 Å². The van der Waals surface area contributed by atoms with Crippen LogP contribution < -0.4 is 0 Å². The van der Waals surface area contributed by atoms with Crippen molar-refractivity contribution in [3.05, 3.63) is 0 Å². The van der Waals surface area contributed by atoms with E-state index in [0.717, 1.165) is 0 Å². The second kappa shape index (κ2) is 4.27. The van der Waals surface area contributed by atoms with Gasteiger partial charge in [-0.05, 0) is 13.8 Å². The molecule has 2 heterocycles. The van der Waals surface area contributed by atoms with Crippen LogP contribution >= 0.6 is 11.8 Å². The van der Waals surface area contributed by atoms with Crippen molar-refractivity contribution >= 4 is 16.9 Å². The standard InChI is InChI=1S/C10H16O5S/c1-5(11)16-4-6-7-8(9(12)13-6)15-10(2,3)14-7/h6-9,12H,4H2,1-3H3/t6-,7-,8-,9-/m1/s1. The minimum atomic E-state index is -0.968. The van der Waals surface area contributed by atoms with Crippen LogP contribution in [0, 0.1) is 0 Å². The third-order valence-corrected chi connectivity index (χ3v) is 3.48. The molecular formula is C10H16O5S. The molecule has 0 spiro atoms. The monoisotopic (exact) mass is 248 g/mol. The Bertz CT molecular complexity index is 293. The van der Waals surface area contributed by atoms with Crippen LogP contribution in [0.1, 0.15) is 20.8 Å². The summed E-state index contributed by atoms with van der Waals surface area (Å²) in [5.41, 5.74) is 0. The first-order valence-electron chi connectivity index (χ1n) is 5.21. The second-order valence-electron chi connectivity index (χ2n) is 4.43. The third kappa shape index (κ3) is 2.41. The van der Waals surface area contributed by atoms with Gasteiger partial charge in [0.15, 0.2) is 17.2 Å². The number of carbonyl (C=O) groups excluding carboxylic acids is 1. The van der Waals surface area contributed by atoms with E-state index >= 15 is 0 Å². The van der Waals surface area contributed by atoms with Crippen molar-refractivity contribution in [1.82, 2.24) is 0 Å². The molecule has 6 heteroatoms. The van der Waals surface area contributed by atoms with Gasteiger partial charge in [0.2, 0.25) is 0 Å². The van der Waals surface area contributed by atoms with Gasteiger partial charge in [-0.3, -0.25) is 4.79 Å². The summed E-state index contributed by atoms with van der Waals surface area (Å²) in [6.45, 7) is 5.10. The maximum Gasteiger partial charge on any atom is 0.185 e. The predicted molar refractivity (Wildman–Crippen MR) is 57.8 cm³/mol. The maximum atomic E-state index is 10.9. The maximum absolute atomic E-state index is 10.9. The molecule has 2 saturated heterocycles. The normalized spacial score (nSPS) is 41.0. The molecule has 5 nitrogen and oxygen atoms in total. The van der Waals surface area contributed by atoms with Gasteiger partial charge in [0.25, 0.3) is 0 Å². The minimum Gasteiger partial charge on any atom is -0.366 e. The van der Waals surface area contributed by atoms with E-state index in [-0.39, 0.29) is 17.3 Å². The molecule has 0 aliphatic carbocycles. The number of aliphatic hydroxyl groups excluding tert-OH is 1. The highest BCUT2D eigenvalue weighted by molar-refractivity contribution is 8.13. The van der Waals surface area contributed by atoms with Gasteiger partial charge in [0.05, 0.1) is 6.10 Å². The lowest BCUT2D eigenvalue weighted by Crippen LogP contribution is -2.31. The van der Waals surface area contributed by atoms with Gasteiger partial charge in [-0.1, -0.05) is 11.8 Å². The highest BCUT2D eigenvalue weighted by Gasteiger charge is 2.54. The van der Waals surface area contributed by atoms with Crippen LogP contribution in [0.25, 0.3) is 0 Å². The van der Waals surface area contributed by atoms with Crippen molar-refractivity contribution in [2.75, 3.05) is 5.75 Å². The van der Waals surface area contributed by atoms with Crippen LogP contribution in [0.3, 0.4) is 0 Å². The smallest absolute Gasteiger partial charge is 0.185 e. The number of aliphatic hydroxyl groups is 1. The van der Waals surface area contributed by atoms with E-state index in [2.05, 4.69) is 0 Å². The second-order valence-corrected chi connectivity index (χ2v) is 5.63. The van der Waals surface area contributed by atoms with Crippen LogP contribution in [-0.2, 0) is 19.0 Å². The molecule has 0 aromatic carbocycles. The largest absolute Gasteiger partial charge is 0.366 e. The fourth-order valence-electron chi connectivity index (χ4n) is 1.99. The molecule has 0 saturated carbocycles. The molecule has 2 aliphatic rings. The van der Waals surface area contributed by atoms with Crippen molar-refractivity contribution in [1.29, 1.82) is 0 Å². The van der Waals surface area contributed by atoms with Crippen LogP contribution in [0.5, 0.6) is 0 Å². The molecule has 16 heavy (non-hydrogen) atoms. The zero-order valence-corrected chi connectivity index (χ0v) is 10.3. The van der Waals surface area contributed by atoms with E-state index in [9.17, 15) is 9.90 Å². The van der Waals surface area contributed by atoms with Crippen LogP contribution in [-0.4, -0.2) is 46.4 Å². The SMILES string of the molecule is CC(=O)SC[C@H]1O[C@@H](O)[C@@H]2OC(C)(C)O[C@@H]21. The minimum absolute atomic E-state index is 0.0275. The van der Waals surface area contributed by atoms with Crippen molar-refractivity contribution in [2.24, 2.45) is 0 Å². The Hall–Kier alpha value is -0.140. The number of thioether (sulfide) groups is 1. The Kier molecular flexibility index (Phi) is 3.29. The van der Waals surface area contributed by atoms with E-state index in [1.165, 1.54) is 18.7 Å². The number of fused-ring (bicyclic) bond motifs is 1. The molecule has 0 bridgehead atoms. The summed E-state index contributed by atoms with van der Waals surface area (Å²) in [7, 11) is 0. The lowest BCUT2D eigenvalue weighted by atomic mass is 10.2. The summed E-state index contributed by atoms with van der Waals surface area (Å²) in [5.74, 6) is -0.216. The van der Waals surface area contributed by atoms with Crippen LogP contribution in [0.4, 0.5) is 0 Å². The summed E-state index contributed by atoms with van der Waals surface area (Å²) in [5, 5.41) is 9.67. The van der Waals surface area contributed by atoms with Gasteiger partial charge in [-0.25, -0.2) is 0 Å². The summed E-state index contributed by atoms with van der Waals surface area (Å²) < 4.78 is 16.5. The fraction of sp³-hybridized carbons (Fsp3) is 0.900.